The summed E-state index contributed by atoms with van der Waals surface area (Å²) >= 11 is 0. The summed E-state index contributed by atoms with van der Waals surface area (Å²) in [5, 5.41) is 0. The Morgan fingerprint density at radius 3 is 2.43 bits per heavy atom. The Morgan fingerprint density at radius 2 is 1.78 bits per heavy atom. The summed E-state index contributed by atoms with van der Waals surface area (Å²) in [7, 11) is 0. The van der Waals surface area contributed by atoms with Gasteiger partial charge < -0.3 is 4.74 Å². The van der Waals surface area contributed by atoms with E-state index >= 15 is 0 Å². The van der Waals surface area contributed by atoms with Crippen molar-refractivity contribution in [3.8, 4) is 11.3 Å². The summed E-state index contributed by atoms with van der Waals surface area (Å²) in [5.74, 6) is 0. The molecule has 0 aliphatic carbocycles. The van der Waals surface area contributed by atoms with Crippen LogP contribution < -0.4 is 0 Å². The van der Waals surface area contributed by atoms with Gasteiger partial charge in [-0.25, -0.2) is 0 Å². The van der Waals surface area contributed by atoms with Crippen molar-refractivity contribution in [2.24, 2.45) is 0 Å². The van der Waals surface area contributed by atoms with Gasteiger partial charge in [-0.3, -0.25) is 9.88 Å². The zero-order chi connectivity index (χ0) is 16.2. The van der Waals surface area contributed by atoms with E-state index in [1.165, 1.54) is 22.4 Å². The van der Waals surface area contributed by atoms with E-state index in [2.05, 4.69) is 62.1 Å². The molecule has 3 nitrogen and oxygen atoms in total. The van der Waals surface area contributed by atoms with Gasteiger partial charge in [-0.1, -0.05) is 37.3 Å². The molecule has 0 saturated carbocycles. The van der Waals surface area contributed by atoms with E-state index in [-0.39, 0.29) is 0 Å². The summed E-state index contributed by atoms with van der Waals surface area (Å²) in [6.45, 7) is 10.3. The van der Waals surface area contributed by atoms with Crippen LogP contribution in [-0.2, 0) is 11.2 Å². The minimum absolute atomic E-state index is 0.435. The van der Waals surface area contributed by atoms with Gasteiger partial charge in [0.1, 0.15) is 0 Å². The minimum atomic E-state index is 0.435. The number of hydrogen-bond donors (Lipinski definition) is 0. The fourth-order valence-corrected chi connectivity index (χ4v) is 3.20. The molecular formula is C20H26N2O. The van der Waals surface area contributed by atoms with Crippen molar-refractivity contribution in [3.05, 3.63) is 53.2 Å². The molecule has 3 rings (SSSR count). The predicted molar refractivity (Wildman–Crippen MR) is 94.6 cm³/mol. The minimum Gasteiger partial charge on any atom is -0.379 e. The van der Waals surface area contributed by atoms with Crippen LogP contribution in [0, 0.1) is 6.92 Å². The predicted octanol–water partition coefficient (Wildman–Crippen LogP) is 4.01. The number of rotatable bonds is 4. The van der Waals surface area contributed by atoms with Gasteiger partial charge in [0.2, 0.25) is 0 Å². The molecule has 2 heterocycles. The lowest BCUT2D eigenvalue weighted by Gasteiger charge is -2.32. The number of morpholine rings is 1. The fourth-order valence-electron chi connectivity index (χ4n) is 3.20. The summed E-state index contributed by atoms with van der Waals surface area (Å²) in [6, 6.07) is 13.6. The largest absolute Gasteiger partial charge is 0.379 e. The normalized spacial score (nSPS) is 17.2. The number of ether oxygens (including phenoxy) is 1. The van der Waals surface area contributed by atoms with Crippen molar-refractivity contribution in [3.63, 3.8) is 0 Å². The van der Waals surface area contributed by atoms with Crippen LogP contribution in [0.15, 0.2) is 36.4 Å². The highest BCUT2D eigenvalue weighted by Crippen LogP contribution is 2.25. The molecule has 0 unspecified atom stereocenters. The number of hydrogen-bond acceptors (Lipinski definition) is 3. The van der Waals surface area contributed by atoms with Gasteiger partial charge in [-0.05, 0) is 37.5 Å². The molecule has 1 aromatic heterocycles. The third kappa shape index (κ3) is 3.62. The van der Waals surface area contributed by atoms with Crippen LogP contribution in [0.5, 0.6) is 0 Å². The SMILES string of the molecule is CCc1nc(-c2ccc([C@H](C)N3CCOCC3)cc2)ccc1C. The van der Waals surface area contributed by atoms with E-state index in [0.717, 1.165) is 38.4 Å². The smallest absolute Gasteiger partial charge is 0.0705 e. The molecule has 0 bridgehead atoms. The van der Waals surface area contributed by atoms with E-state index < -0.39 is 0 Å². The van der Waals surface area contributed by atoms with E-state index in [1.807, 2.05) is 0 Å². The van der Waals surface area contributed by atoms with Gasteiger partial charge in [0, 0.05) is 30.4 Å². The maximum Gasteiger partial charge on any atom is 0.0705 e. The first kappa shape index (κ1) is 16.2. The molecule has 1 saturated heterocycles. The highest BCUT2D eigenvalue weighted by molar-refractivity contribution is 5.60. The second-order valence-corrected chi connectivity index (χ2v) is 6.26. The standard InChI is InChI=1S/C20H26N2O/c1-4-19-15(2)5-10-20(21-19)18-8-6-17(7-9-18)16(3)22-11-13-23-14-12-22/h5-10,16H,4,11-14H2,1-3H3/t16-/m0/s1. The van der Waals surface area contributed by atoms with Crippen molar-refractivity contribution in [2.75, 3.05) is 26.3 Å². The Bertz CT molecular complexity index is 645. The Balaban J connectivity index is 1.78. The van der Waals surface area contributed by atoms with Crippen molar-refractivity contribution in [2.45, 2.75) is 33.2 Å². The van der Waals surface area contributed by atoms with Gasteiger partial charge in [0.15, 0.2) is 0 Å². The van der Waals surface area contributed by atoms with Crippen molar-refractivity contribution in [1.29, 1.82) is 0 Å². The molecule has 0 N–H and O–H groups in total. The van der Waals surface area contributed by atoms with Gasteiger partial charge in [0.25, 0.3) is 0 Å². The highest BCUT2D eigenvalue weighted by atomic mass is 16.5. The fraction of sp³-hybridized carbons (Fsp3) is 0.450. The molecule has 1 atom stereocenters. The molecule has 3 heteroatoms. The number of aromatic nitrogens is 1. The molecule has 2 aromatic rings. The van der Waals surface area contributed by atoms with Crippen LogP contribution >= 0.6 is 0 Å². The lowest BCUT2D eigenvalue weighted by molar-refractivity contribution is 0.0198. The van der Waals surface area contributed by atoms with Crippen molar-refractivity contribution >= 4 is 0 Å². The quantitative estimate of drug-likeness (QED) is 0.853. The topological polar surface area (TPSA) is 25.4 Å². The second kappa shape index (κ2) is 7.24. The first-order chi connectivity index (χ1) is 11.2. The first-order valence-corrected chi connectivity index (χ1v) is 8.57. The maximum absolute atomic E-state index is 5.44. The number of aryl methyl sites for hydroxylation is 2. The third-order valence-electron chi connectivity index (χ3n) is 4.82. The van der Waals surface area contributed by atoms with Gasteiger partial charge in [-0.2, -0.15) is 0 Å². The summed E-state index contributed by atoms with van der Waals surface area (Å²) in [6.07, 6.45) is 0.978. The molecule has 0 spiro atoms. The first-order valence-electron chi connectivity index (χ1n) is 8.57. The van der Waals surface area contributed by atoms with Crippen LogP contribution in [0.4, 0.5) is 0 Å². The molecule has 1 aromatic carbocycles. The lowest BCUT2D eigenvalue weighted by atomic mass is 10.0. The summed E-state index contributed by atoms with van der Waals surface area (Å²) < 4.78 is 5.44. The average Bonchev–Trinajstić information content (AvgIpc) is 2.62. The monoisotopic (exact) mass is 310 g/mol. The Labute approximate surface area is 139 Å². The van der Waals surface area contributed by atoms with Crippen LogP contribution in [0.1, 0.15) is 36.7 Å². The Morgan fingerprint density at radius 1 is 1.09 bits per heavy atom. The van der Waals surface area contributed by atoms with E-state index in [0.29, 0.717) is 6.04 Å². The molecule has 122 valence electrons. The lowest BCUT2D eigenvalue weighted by Crippen LogP contribution is -2.37. The second-order valence-electron chi connectivity index (χ2n) is 6.26. The number of nitrogens with zero attached hydrogens (tertiary/aromatic N) is 2. The van der Waals surface area contributed by atoms with Crippen LogP contribution in [0.25, 0.3) is 11.3 Å². The molecule has 1 aliphatic rings. The maximum atomic E-state index is 5.44. The molecule has 23 heavy (non-hydrogen) atoms. The van der Waals surface area contributed by atoms with E-state index in [1.54, 1.807) is 0 Å². The van der Waals surface area contributed by atoms with Crippen LogP contribution in [0.3, 0.4) is 0 Å². The average molecular weight is 310 g/mol. The molecule has 1 fully saturated rings. The van der Waals surface area contributed by atoms with Crippen LogP contribution in [-0.4, -0.2) is 36.2 Å². The van der Waals surface area contributed by atoms with Crippen molar-refractivity contribution < 1.29 is 4.74 Å². The van der Waals surface area contributed by atoms with E-state index in [9.17, 15) is 0 Å². The number of pyridine rings is 1. The Kier molecular flexibility index (Phi) is 5.09. The Hall–Kier alpha value is -1.71. The zero-order valence-electron chi connectivity index (χ0n) is 14.4. The molecule has 1 aliphatic heterocycles. The number of benzene rings is 1. The molecule has 0 radical (unpaired) electrons. The van der Waals surface area contributed by atoms with Crippen molar-refractivity contribution in [1.82, 2.24) is 9.88 Å². The van der Waals surface area contributed by atoms with Gasteiger partial charge >= 0.3 is 0 Å². The summed E-state index contributed by atoms with van der Waals surface area (Å²) in [4.78, 5) is 7.28. The summed E-state index contributed by atoms with van der Waals surface area (Å²) in [5.41, 5.74) is 6.08. The van der Waals surface area contributed by atoms with Crippen LogP contribution in [0.2, 0.25) is 0 Å². The third-order valence-corrected chi connectivity index (χ3v) is 4.82. The molecular weight excluding hydrogens is 284 g/mol. The van der Waals surface area contributed by atoms with Gasteiger partial charge in [-0.15, -0.1) is 0 Å². The zero-order valence-corrected chi connectivity index (χ0v) is 14.4. The molecule has 0 amide bonds. The van der Waals surface area contributed by atoms with Gasteiger partial charge in [0.05, 0.1) is 18.9 Å². The highest BCUT2D eigenvalue weighted by Gasteiger charge is 2.18. The van der Waals surface area contributed by atoms with E-state index in [4.69, 9.17) is 9.72 Å².